The zero-order valence-electron chi connectivity index (χ0n) is 12.2. The minimum atomic E-state index is -0.877. The van der Waals surface area contributed by atoms with Crippen LogP contribution in [0.2, 0.25) is 0 Å². The highest BCUT2D eigenvalue weighted by molar-refractivity contribution is 7.98. The van der Waals surface area contributed by atoms with Gasteiger partial charge in [-0.15, -0.1) is 0 Å². The molecule has 0 bridgehead atoms. The van der Waals surface area contributed by atoms with Crippen LogP contribution in [-0.4, -0.2) is 18.2 Å². The van der Waals surface area contributed by atoms with E-state index in [1.54, 1.807) is 17.8 Å². The Morgan fingerprint density at radius 3 is 2.74 bits per heavy atom. The maximum absolute atomic E-state index is 13.4. The maximum atomic E-state index is 13.4. The zero-order chi connectivity index (χ0) is 16.7. The van der Waals surface area contributed by atoms with Gasteiger partial charge in [-0.05, 0) is 23.8 Å². The van der Waals surface area contributed by atoms with Crippen molar-refractivity contribution < 1.29 is 13.6 Å². The van der Waals surface area contributed by atoms with E-state index in [1.807, 2.05) is 18.2 Å². The highest BCUT2D eigenvalue weighted by atomic mass is 32.2. The molecule has 0 heterocycles. The topological polar surface area (TPSA) is 52.9 Å². The van der Waals surface area contributed by atoms with Crippen LogP contribution in [0.25, 0.3) is 0 Å². The summed E-state index contributed by atoms with van der Waals surface area (Å²) in [5.74, 6) is -0.886. The Morgan fingerprint density at radius 2 is 2.00 bits per heavy atom. The summed E-state index contributed by atoms with van der Waals surface area (Å²) < 4.78 is 26.2. The molecule has 3 nitrogen and oxygen atoms in total. The fourth-order valence-electron chi connectivity index (χ4n) is 1.94. The van der Waals surface area contributed by atoms with Gasteiger partial charge < -0.3 is 5.32 Å². The molecule has 0 saturated heterocycles. The lowest BCUT2D eigenvalue weighted by Crippen LogP contribution is -2.26. The van der Waals surface area contributed by atoms with Crippen molar-refractivity contribution in [3.05, 3.63) is 70.8 Å². The molecule has 0 spiro atoms. The standard InChI is InChI=1S/C17H14F2N2OS/c18-14-5-6-15(16(19)9-14)17(22)21-7-8-23-11-13-4-2-1-3-12(13)10-20/h1-6,9H,7-8,11H2,(H,21,22). The van der Waals surface area contributed by atoms with Gasteiger partial charge in [-0.1, -0.05) is 18.2 Å². The summed E-state index contributed by atoms with van der Waals surface area (Å²) in [4.78, 5) is 11.8. The van der Waals surface area contributed by atoms with Crippen molar-refractivity contribution >= 4 is 17.7 Å². The van der Waals surface area contributed by atoms with Gasteiger partial charge >= 0.3 is 0 Å². The molecule has 1 amide bonds. The average molecular weight is 332 g/mol. The van der Waals surface area contributed by atoms with E-state index in [4.69, 9.17) is 5.26 Å². The first-order chi connectivity index (χ1) is 11.1. The molecule has 0 aromatic heterocycles. The molecule has 1 N–H and O–H groups in total. The monoisotopic (exact) mass is 332 g/mol. The number of nitriles is 1. The Hall–Kier alpha value is -2.39. The van der Waals surface area contributed by atoms with Gasteiger partial charge in [0.25, 0.3) is 5.91 Å². The first kappa shape index (κ1) is 17.0. The van der Waals surface area contributed by atoms with Crippen molar-refractivity contribution in [1.82, 2.24) is 5.32 Å². The summed E-state index contributed by atoms with van der Waals surface area (Å²) in [5, 5.41) is 11.6. The number of rotatable bonds is 6. The molecule has 2 aromatic rings. The van der Waals surface area contributed by atoms with Gasteiger partial charge in [0, 0.05) is 24.1 Å². The van der Waals surface area contributed by atoms with Crippen molar-refractivity contribution in [2.24, 2.45) is 0 Å². The predicted molar refractivity (Wildman–Crippen MR) is 86.0 cm³/mol. The van der Waals surface area contributed by atoms with Gasteiger partial charge in [0.2, 0.25) is 0 Å². The van der Waals surface area contributed by atoms with Gasteiger partial charge in [0.1, 0.15) is 11.6 Å². The van der Waals surface area contributed by atoms with Crippen LogP contribution in [0.3, 0.4) is 0 Å². The molecule has 0 unspecified atom stereocenters. The summed E-state index contributed by atoms with van der Waals surface area (Å²) in [6.07, 6.45) is 0. The molecule has 0 aliphatic rings. The van der Waals surface area contributed by atoms with Crippen LogP contribution in [0, 0.1) is 23.0 Å². The number of halogens is 2. The number of nitrogens with one attached hydrogen (secondary N) is 1. The second-order valence-corrected chi connectivity index (χ2v) is 5.81. The molecule has 0 saturated carbocycles. The van der Waals surface area contributed by atoms with Crippen LogP contribution < -0.4 is 5.32 Å². The number of nitrogens with zero attached hydrogens (tertiary/aromatic N) is 1. The summed E-state index contributed by atoms with van der Waals surface area (Å²) in [6, 6.07) is 12.3. The molecule has 118 valence electrons. The Bertz CT molecular complexity index is 744. The maximum Gasteiger partial charge on any atom is 0.254 e. The number of hydrogen-bond donors (Lipinski definition) is 1. The highest BCUT2D eigenvalue weighted by Crippen LogP contribution is 2.15. The number of amides is 1. The highest BCUT2D eigenvalue weighted by Gasteiger charge is 2.11. The Kier molecular flexibility index (Phi) is 6.12. The quantitative estimate of drug-likeness (QED) is 0.824. The predicted octanol–water partition coefficient (Wildman–Crippen LogP) is 3.50. The second-order valence-electron chi connectivity index (χ2n) is 4.70. The Balaban J connectivity index is 1.77. The van der Waals surface area contributed by atoms with Crippen LogP contribution in [-0.2, 0) is 5.75 Å². The van der Waals surface area contributed by atoms with Gasteiger partial charge in [-0.25, -0.2) is 8.78 Å². The van der Waals surface area contributed by atoms with E-state index in [-0.39, 0.29) is 5.56 Å². The number of hydrogen-bond acceptors (Lipinski definition) is 3. The number of carbonyl (C=O) groups is 1. The van der Waals surface area contributed by atoms with Crippen LogP contribution >= 0.6 is 11.8 Å². The van der Waals surface area contributed by atoms with Crippen LogP contribution in [0.5, 0.6) is 0 Å². The third-order valence-electron chi connectivity index (χ3n) is 3.10. The smallest absolute Gasteiger partial charge is 0.254 e. The summed E-state index contributed by atoms with van der Waals surface area (Å²) in [7, 11) is 0. The van der Waals surface area contributed by atoms with E-state index in [0.717, 1.165) is 17.7 Å². The van der Waals surface area contributed by atoms with Crippen LogP contribution in [0.15, 0.2) is 42.5 Å². The molecule has 0 atom stereocenters. The fourth-order valence-corrected chi connectivity index (χ4v) is 2.81. The minimum Gasteiger partial charge on any atom is -0.351 e. The third-order valence-corrected chi connectivity index (χ3v) is 4.11. The number of thioether (sulfide) groups is 1. The van der Waals surface area contributed by atoms with E-state index >= 15 is 0 Å². The molecule has 0 aliphatic heterocycles. The molecule has 0 aliphatic carbocycles. The van der Waals surface area contributed by atoms with Crippen molar-refractivity contribution in [3.63, 3.8) is 0 Å². The molecular weight excluding hydrogens is 318 g/mol. The second kappa shape index (κ2) is 8.30. The van der Waals surface area contributed by atoms with Gasteiger partial charge in [0.05, 0.1) is 17.2 Å². The molecule has 0 radical (unpaired) electrons. The van der Waals surface area contributed by atoms with Crippen molar-refractivity contribution in [1.29, 1.82) is 5.26 Å². The summed E-state index contributed by atoms with van der Waals surface area (Å²) in [6.45, 7) is 0.356. The van der Waals surface area contributed by atoms with Crippen LogP contribution in [0.4, 0.5) is 8.78 Å². The lowest BCUT2D eigenvalue weighted by molar-refractivity contribution is 0.0952. The molecule has 2 rings (SSSR count). The SMILES string of the molecule is N#Cc1ccccc1CSCCNC(=O)c1ccc(F)cc1F. The van der Waals surface area contributed by atoms with E-state index in [1.165, 1.54) is 0 Å². The van der Waals surface area contributed by atoms with Gasteiger partial charge in [-0.3, -0.25) is 4.79 Å². The van der Waals surface area contributed by atoms with Crippen molar-refractivity contribution in [2.45, 2.75) is 5.75 Å². The lowest BCUT2D eigenvalue weighted by atomic mass is 10.1. The van der Waals surface area contributed by atoms with E-state index in [2.05, 4.69) is 11.4 Å². The average Bonchev–Trinajstić information content (AvgIpc) is 2.54. The van der Waals surface area contributed by atoms with E-state index in [9.17, 15) is 13.6 Å². The minimum absolute atomic E-state index is 0.175. The lowest BCUT2D eigenvalue weighted by Gasteiger charge is -2.07. The molecule has 2 aromatic carbocycles. The van der Waals surface area contributed by atoms with Crippen LogP contribution in [0.1, 0.15) is 21.5 Å². The summed E-state index contributed by atoms with van der Waals surface area (Å²) >= 11 is 1.56. The van der Waals surface area contributed by atoms with Gasteiger partial charge in [-0.2, -0.15) is 17.0 Å². The van der Waals surface area contributed by atoms with E-state index < -0.39 is 17.5 Å². The zero-order valence-corrected chi connectivity index (χ0v) is 13.0. The molecule has 6 heteroatoms. The third kappa shape index (κ3) is 4.80. The van der Waals surface area contributed by atoms with Gasteiger partial charge in [0.15, 0.2) is 0 Å². The molecule has 0 fully saturated rings. The normalized spacial score (nSPS) is 10.1. The number of benzene rings is 2. The van der Waals surface area contributed by atoms with Crippen molar-refractivity contribution in [3.8, 4) is 6.07 Å². The number of carbonyl (C=O) groups excluding carboxylic acids is 1. The fraction of sp³-hybridized carbons (Fsp3) is 0.176. The van der Waals surface area contributed by atoms with E-state index in [0.29, 0.717) is 29.7 Å². The summed E-state index contributed by atoms with van der Waals surface area (Å²) in [5.41, 5.74) is 1.40. The first-order valence-electron chi connectivity index (χ1n) is 6.91. The largest absolute Gasteiger partial charge is 0.351 e. The molecule has 23 heavy (non-hydrogen) atoms. The first-order valence-corrected chi connectivity index (χ1v) is 8.06. The van der Waals surface area contributed by atoms with Crippen molar-refractivity contribution in [2.75, 3.05) is 12.3 Å². The molecular formula is C17H14F2N2OS. The Morgan fingerprint density at radius 1 is 1.22 bits per heavy atom. The Labute approximate surface area is 137 Å².